The van der Waals surface area contributed by atoms with Crippen LogP contribution < -0.4 is 10.1 Å². The van der Waals surface area contributed by atoms with E-state index < -0.39 is 17.7 Å². The molecule has 0 aliphatic rings. The number of alkyl carbamates (subject to hydrolysis) is 1. The molecule has 0 saturated carbocycles. The minimum absolute atomic E-state index is 0.115. The van der Waals surface area contributed by atoms with E-state index in [-0.39, 0.29) is 5.91 Å². The molecule has 2 rings (SSSR count). The highest BCUT2D eigenvalue weighted by Gasteiger charge is 2.28. The van der Waals surface area contributed by atoms with Crippen LogP contribution in [0.15, 0.2) is 41.8 Å². The number of thiophene rings is 1. The topological polar surface area (TPSA) is 67.9 Å². The molecule has 0 aliphatic carbocycles. The molecule has 1 atom stereocenters. The van der Waals surface area contributed by atoms with E-state index in [0.29, 0.717) is 19.5 Å². The fourth-order valence-electron chi connectivity index (χ4n) is 3.13. The molecule has 1 aromatic heterocycles. The van der Waals surface area contributed by atoms with Gasteiger partial charge in [-0.2, -0.15) is 0 Å². The molecule has 1 N–H and O–H groups in total. The van der Waals surface area contributed by atoms with E-state index in [0.717, 1.165) is 29.0 Å². The Morgan fingerprint density at radius 1 is 1.16 bits per heavy atom. The predicted molar refractivity (Wildman–Crippen MR) is 124 cm³/mol. The molecular weight excluding hydrogens is 412 g/mol. The minimum Gasteiger partial charge on any atom is -0.497 e. The first-order valence-corrected chi connectivity index (χ1v) is 11.5. The molecule has 170 valence electrons. The fraction of sp³-hybridized carbons (Fsp3) is 0.500. The van der Waals surface area contributed by atoms with Gasteiger partial charge in [0.05, 0.1) is 13.7 Å². The summed E-state index contributed by atoms with van der Waals surface area (Å²) in [6.45, 7) is 8.39. The Kier molecular flexibility index (Phi) is 9.37. The molecule has 0 unspecified atom stereocenters. The van der Waals surface area contributed by atoms with Gasteiger partial charge < -0.3 is 19.7 Å². The Labute approximate surface area is 189 Å². The molecule has 2 aromatic rings. The number of hydrogen-bond acceptors (Lipinski definition) is 5. The number of nitrogens with zero attached hydrogens (tertiary/aromatic N) is 1. The Hall–Kier alpha value is -2.54. The second kappa shape index (κ2) is 11.7. The molecule has 0 spiro atoms. The lowest BCUT2D eigenvalue weighted by molar-refractivity contribution is -0.135. The van der Waals surface area contributed by atoms with Crippen LogP contribution in [0.3, 0.4) is 0 Å². The summed E-state index contributed by atoms with van der Waals surface area (Å²) >= 11 is 1.61. The van der Waals surface area contributed by atoms with Crippen molar-refractivity contribution in [2.24, 2.45) is 0 Å². The molecule has 0 aliphatic heterocycles. The summed E-state index contributed by atoms with van der Waals surface area (Å²) < 4.78 is 10.7. The molecule has 2 amide bonds. The molecule has 0 bridgehead atoms. The van der Waals surface area contributed by atoms with E-state index >= 15 is 0 Å². The highest BCUT2D eigenvalue weighted by Crippen LogP contribution is 2.20. The quantitative estimate of drug-likeness (QED) is 0.533. The summed E-state index contributed by atoms with van der Waals surface area (Å²) in [5, 5.41) is 4.80. The van der Waals surface area contributed by atoms with E-state index in [4.69, 9.17) is 9.47 Å². The molecule has 1 heterocycles. The third-order valence-corrected chi connectivity index (χ3v) is 5.44. The molecule has 1 aromatic carbocycles. The highest BCUT2D eigenvalue weighted by atomic mass is 32.1. The normalized spacial score (nSPS) is 12.2. The lowest BCUT2D eigenvalue weighted by atomic mass is 10.1. The third-order valence-electron chi connectivity index (χ3n) is 4.58. The summed E-state index contributed by atoms with van der Waals surface area (Å²) in [6, 6.07) is 11.0. The fourth-order valence-corrected chi connectivity index (χ4v) is 3.85. The summed E-state index contributed by atoms with van der Waals surface area (Å²) in [4.78, 5) is 28.8. The van der Waals surface area contributed by atoms with Crippen LogP contribution in [0, 0.1) is 0 Å². The van der Waals surface area contributed by atoms with Crippen LogP contribution in [0.1, 0.15) is 57.4 Å². The van der Waals surface area contributed by atoms with Gasteiger partial charge in [0.2, 0.25) is 5.91 Å². The van der Waals surface area contributed by atoms with Gasteiger partial charge >= 0.3 is 6.09 Å². The average Bonchev–Trinajstić information content (AvgIpc) is 3.22. The van der Waals surface area contributed by atoms with Gasteiger partial charge in [-0.15, -0.1) is 11.3 Å². The molecule has 6 nitrogen and oxygen atoms in total. The van der Waals surface area contributed by atoms with Crippen molar-refractivity contribution in [2.45, 2.75) is 71.7 Å². The number of ether oxygens (including phenoxy) is 2. The van der Waals surface area contributed by atoms with Crippen LogP contribution in [0.4, 0.5) is 4.79 Å². The summed E-state index contributed by atoms with van der Waals surface area (Å²) in [5.41, 5.74) is 0.343. The molecule has 0 saturated heterocycles. The van der Waals surface area contributed by atoms with Crippen LogP contribution in [0.2, 0.25) is 0 Å². The van der Waals surface area contributed by atoms with Crippen molar-refractivity contribution in [1.82, 2.24) is 10.2 Å². The van der Waals surface area contributed by atoms with Crippen LogP contribution >= 0.6 is 11.3 Å². The molecular formula is C24H34N2O4S. The molecule has 31 heavy (non-hydrogen) atoms. The zero-order valence-electron chi connectivity index (χ0n) is 19.1. The van der Waals surface area contributed by atoms with Crippen LogP contribution in [0.25, 0.3) is 0 Å². The number of unbranched alkanes of at least 4 members (excludes halogenated alkanes) is 1. The lowest BCUT2D eigenvalue weighted by Crippen LogP contribution is -2.49. The van der Waals surface area contributed by atoms with Crippen molar-refractivity contribution in [3.63, 3.8) is 0 Å². The summed E-state index contributed by atoms with van der Waals surface area (Å²) in [7, 11) is 1.62. The van der Waals surface area contributed by atoms with Gasteiger partial charge in [-0.25, -0.2) is 4.79 Å². The molecule has 7 heteroatoms. The van der Waals surface area contributed by atoms with Crippen LogP contribution in [-0.4, -0.2) is 35.7 Å². The second-order valence-electron chi connectivity index (χ2n) is 8.47. The van der Waals surface area contributed by atoms with E-state index in [1.807, 2.05) is 41.8 Å². The van der Waals surface area contributed by atoms with Gasteiger partial charge in [-0.1, -0.05) is 38.0 Å². The second-order valence-corrected chi connectivity index (χ2v) is 9.50. The van der Waals surface area contributed by atoms with Crippen LogP contribution in [0.5, 0.6) is 5.75 Å². The Morgan fingerprint density at radius 3 is 2.55 bits per heavy atom. The SMILES string of the molecule is CCCC[C@@H](NC(=O)OC(C)(C)C)C(=O)N(Cc1cccc(OC)c1)Cc1cccs1. The largest absolute Gasteiger partial charge is 0.497 e. The lowest BCUT2D eigenvalue weighted by Gasteiger charge is -2.29. The third kappa shape index (κ3) is 8.61. The maximum Gasteiger partial charge on any atom is 0.408 e. The highest BCUT2D eigenvalue weighted by molar-refractivity contribution is 7.09. The Balaban J connectivity index is 2.23. The smallest absolute Gasteiger partial charge is 0.408 e. The van der Waals surface area contributed by atoms with Crippen molar-refractivity contribution in [1.29, 1.82) is 0 Å². The maximum atomic E-state index is 13.6. The van der Waals surface area contributed by atoms with Crippen LogP contribution in [-0.2, 0) is 22.6 Å². The average molecular weight is 447 g/mol. The van der Waals surface area contributed by atoms with E-state index in [1.165, 1.54) is 0 Å². The van der Waals surface area contributed by atoms with Gasteiger partial charge in [0.15, 0.2) is 0 Å². The summed E-state index contributed by atoms with van der Waals surface area (Å²) in [5.74, 6) is 0.631. The number of nitrogens with one attached hydrogen (secondary N) is 1. The number of hydrogen-bond donors (Lipinski definition) is 1. The zero-order chi connectivity index (χ0) is 22.9. The van der Waals surface area contributed by atoms with Crippen molar-refractivity contribution in [2.75, 3.05) is 7.11 Å². The standard InChI is InChI=1S/C24H34N2O4S/c1-6-7-13-21(25-23(28)30-24(2,3)4)22(27)26(17-20-12-9-14-31-20)16-18-10-8-11-19(15-18)29-5/h8-12,14-15,21H,6-7,13,16-17H2,1-5H3,(H,25,28)/t21-/m1/s1. The van der Waals surface area contributed by atoms with Crippen molar-refractivity contribution in [3.05, 3.63) is 52.2 Å². The molecule has 0 fully saturated rings. The molecule has 0 radical (unpaired) electrons. The van der Waals surface area contributed by atoms with Gasteiger partial charge in [0, 0.05) is 11.4 Å². The summed E-state index contributed by atoms with van der Waals surface area (Å²) in [6.07, 6.45) is 1.76. The predicted octanol–water partition coefficient (Wildman–Crippen LogP) is 5.37. The zero-order valence-corrected chi connectivity index (χ0v) is 20.0. The monoisotopic (exact) mass is 446 g/mol. The van der Waals surface area contributed by atoms with Crippen molar-refractivity contribution in [3.8, 4) is 5.75 Å². The first kappa shape index (κ1) is 24.7. The maximum absolute atomic E-state index is 13.6. The Bertz CT molecular complexity index is 830. The van der Waals surface area contributed by atoms with Gasteiger partial charge in [-0.3, -0.25) is 4.79 Å². The van der Waals surface area contributed by atoms with Crippen molar-refractivity contribution >= 4 is 23.3 Å². The first-order chi connectivity index (χ1) is 14.7. The van der Waals surface area contributed by atoms with Crippen molar-refractivity contribution < 1.29 is 19.1 Å². The van der Waals surface area contributed by atoms with E-state index in [2.05, 4.69) is 12.2 Å². The first-order valence-electron chi connectivity index (χ1n) is 10.7. The number of benzene rings is 1. The van der Waals surface area contributed by atoms with Gasteiger partial charge in [-0.05, 0) is 56.3 Å². The number of carbonyl (C=O) groups excluding carboxylic acids is 2. The minimum atomic E-state index is -0.639. The number of carbonyl (C=O) groups is 2. The number of amides is 2. The number of rotatable bonds is 10. The number of methoxy groups -OCH3 is 1. The van der Waals surface area contributed by atoms with E-state index in [9.17, 15) is 9.59 Å². The Morgan fingerprint density at radius 2 is 1.94 bits per heavy atom. The van der Waals surface area contributed by atoms with Gasteiger partial charge in [0.1, 0.15) is 17.4 Å². The van der Waals surface area contributed by atoms with E-state index in [1.54, 1.807) is 44.1 Å². The van der Waals surface area contributed by atoms with Gasteiger partial charge in [0.25, 0.3) is 0 Å².